The molecule has 0 bridgehead atoms. The van der Waals surface area contributed by atoms with Gasteiger partial charge in [0, 0.05) is 49.9 Å². The molecule has 2 aromatic carbocycles. The standard InChI is InChI=1S/C28H30N2O8/c1-35-22-9-8-18(14-24(22)38-28(34)30-12-6-3-7-13-30)23-17-21(32)26-20(31)15-19(16-25(26)37-23)36-27(33)29-10-4-2-5-11-29/h8-9,14-17,31H,2-7,10-13H2,1H3. The molecule has 2 amide bonds. The fourth-order valence-electron chi connectivity index (χ4n) is 4.83. The molecule has 1 N–H and O–H groups in total. The third-order valence-corrected chi connectivity index (χ3v) is 6.86. The highest BCUT2D eigenvalue weighted by Crippen LogP contribution is 2.35. The summed E-state index contributed by atoms with van der Waals surface area (Å²) in [5.41, 5.74) is 0.0356. The van der Waals surface area contributed by atoms with Crippen molar-refractivity contribution in [1.82, 2.24) is 9.80 Å². The Labute approximate surface area is 219 Å². The molecule has 0 atom stereocenters. The highest BCUT2D eigenvalue weighted by molar-refractivity contribution is 5.87. The minimum absolute atomic E-state index is 0.0308. The van der Waals surface area contributed by atoms with Gasteiger partial charge in [0.1, 0.15) is 28.2 Å². The topological polar surface area (TPSA) is 119 Å². The number of fused-ring (bicyclic) bond motifs is 1. The lowest BCUT2D eigenvalue weighted by atomic mass is 10.1. The smallest absolute Gasteiger partial charge is 0.415 e. The monoisotopic (exact) mass is 522 g/mol. The number of amides is 2. The van der Waals surface area contributed by atoms with Crippen LogP contribution in [0, 0.1) is 0 Å². The second-order valence-corrected chi connectivity index (χ2v) is 9.49. The van der Waals surface area contributed by atoms with E-state index < -0.39 is 17.6 Å². The number of benzene rings is 2. The molecule has 5 rings (SSSR count). The van der Waals surface area contributed by atoms with Crippen LogP contribution < -0.4 is 19.6 Å². The van der Waals surface area contributed by atoms with Crippen LogP contribution in [0.1, 0.15) is 38.5 Å². The summed E-state index contributed by atoms with van der Waals surface area (Å²) in [6.07, 6.45) is 4.84. The van der Waals surface area contributed by atoms with Gasteiger partial charge in [0.2, 0.25) is 0 Å². The average molecular weight is 523 g/mol. The van der Waals surface area contributed by atoms with Crippen molar-refractivity contribution in [3.8, 4) is 34.3 Å². The largest absolute Gasteiger partial charge is 0.507 e. The summed E-state index contributed by atoms with van der Waals surface area (Å²) in [4.78, 5) is 41.4. The summed E-state index contributed by atoms with van der Waals surface area (Å²) in [5.74, 6) is 0.438. The van der Waals surface area contributed by atoms with E-state index in [9.17, 15) is 19.5 Å². The van der Waals surface area contributed by atoms with Gasteiger partial charge in [-0.3, -0.25) is 4.79 Å². The lowest BCUT2D eigenvalue weighted by Gasteiger charge is -2.26. The second kappa shape index (κ2) is 11.0. The number of hydrogen-bond acceptors (Lipinski definition) is 8. The fourth-order valence-corrected chi connectivity index (χ4v) is 4.83. The minimum Gasteiger partial charge on any atom is -0.507 e. The molecule has 2 saturated heterocycles. The second-order valence-electron chi connectivity index (χ2n) is 9.49. The molecule has 10 nitrogen and oxygen atoms in total. The van der Waals surface area contributed by atoms with Crippen LogP contribution in [0.3, 0.4) is 0 Å². The zero-order valence-corrected chi connectivity index (χ0v) is 21.2. The van der Waals surface area contributed by atoms with Gasteiger partial charge in [-0.2, -0.15) is 0 Å². The summed E-state index contributed by atoms with van der Waals surface area (Å²) in [7, 11) is 1.47. The molecule has 2 aliphatic rings. The van der Waals surface area contributed by atoms with Gasteiger partial charge in [0.25, 0.3) is 0 Å². The summed E-state index contributed by atoms with van der Waals surface area (Å²) in [6, 6.07) is 8.73. The number of carbonyl (C=O) groups excluding carboxylic acids is 2. The zero-order chi connectivity index (χ0) is 26.6. The Morgan fingerprint density at radius 1 is 0.816 bits per heavy atom. The maximum absolute atomic E-state index is 12.9. The number of carbonyl (C=O) groups is 2. The number of phenolic OH excluding ortho intramolecular Hbond substituents is 1. The third-order valence-electron chi connectivity index (χ3n) is 6.86. The number of nitrogens with zero attached hydrogens (tertiary/aromatic N) is 2. The first kappa shape index (κ1) is 25.4. The van der Waals surface area contributed by atoms with Gasteiger partial charge < -0.3 is 33.5 Å². The molecular weight excluding hydrogens is 492 g/mol. The summed E-state index contributed by atoms with van der Waals surface area (Å²) >= 11 is 0. The number of hydrogen-bond donors (Lipinski definition) is 1. The van der Waals surface area contributed by atoms with Crippen molar-refractivity contribution in [3.05, 3.63) is 46.6 Å². The molecule has 0 unspecified atom stereocenters. The predicted molar refractivity (Wildman–Crippen MR) is 139 cm³/mol. The maximum Gasteiger partial charge on any atom is 0.415 e. The lowest BCUT2D eigenvalue weighted by Crippen LogP contribution is -2.37. The van der Waals surface area contributed by atoms with Crippen LogP contribution >= 0.6 is 0 Å². The highest BCUT2D eigenvalue weighted by Gasteiger charge is 2.22. The molecule has 2 aliphatic heterocycles. The van der Waals surface area contributed by atoms with E-state index in [1.165, 1.54) is 25.3 Å². The summed E-state index contributed by atoms with van der Waals surface area (Å²) in [6.45, 7) is 2.49. The van der Waals surface area contributed by atoms with Crippen LogP contribution in [0.5, 0.6) is 23.0 Å². The Hall–Kier alpha value is -4.21. The van der Waals surface area contributed by atoms with Crippen LogP contribution in [0.15, 0.2) is 45.6 Å². The van der Waals surface area contributed by atoms with Crippen molar-refractivity contribution in [2.75, 3.05) is 33.3 Å². The van der Waals surface area contributed by atoms with Crippen molar-refractivity contribution >= 4 is 23.2 Å². The Morgan fingerprint density at radius 3 is 2.08 bits per heavy atom. The number of methoxy groups -OCH3 is 1. The number of rotatable bonds is 4. The molecule has 0 saturated carbocycles. The van der Waals surface area contributed by atoms with Crippen LogP contribution in [0.2, 0.25) is 0 Å². The molecule has 0 spiro atoms. The van der Waals surface area contributed by atoms with E-state index in [0.29, 0.717) is 37.5 Å². The van der Waals surface area contributed by atoms with Gasteiger partial charge in [0.05, 0.1) is 7.11 Å². The lowest BCUT2D eigenvalue weighted by molar-refractivity contribution is 0.141. The van der Waals surface area contributed by atoms with E-state index in [-0.39, 0.29) is 34.0 Å². The van der Waals surface area contributed by atoms with Crippen molar-refractivity contribution in [3.63, 3.8) is 0 Å². The zero-order valence-electron chi connectivity index (χ0n) is 21.2. The Bertz CT molecular complexity index is 1400. The molecule has 1 aromatic heterocycles. The first-order valence-corrected chi connectivity index (χ1v) is 12.9. The van der Waals surface area contributed by atoms with Gasteiger partial charge in [-0.1, -0.05) is 0 Å². The van der Waals surface area contributed by atoms with Crippen LogP contribution in [-0.2, 0) is 0 Å². The normalized spacial score (nSPS) is 15.8. The number of phenols is 1. The van der Waals surface area contributed by atoms with Gasteiger partial charge >= 0.3 is 12.2 Å². The fraction of sp³-hybridized carbons (Fsp3) is 0.393. The molecule has 2 fully saturated rings. The molecule has 3 aromatic rings. The Morgan fingerprint density at radius 2 is 1.45 bits per heavy atom. The molecule has 3 heterocycles. The Kier molecular flexibility index (Phi) is 7.39. The van der Waals surface area contributed by atoms with E-state index in [0.717, 1.165) is 38.5 Å². The average Bonchev–Trinajstić information content (AvgIpc) is 2.93. The minimum atomic E-state index is -0.516. The summed E-state index contributed by atoms with van der Waals surface area (Å²) < 4.78 is 22.4. The molecule has 38 heavy (non-hydrogen) atoms. The maximum atomic E-state index is 12.9. The molecule has 0 aliphatic carbocycles. The van der Waals surface area contributed by atoms with Crippen molar-refractivity contribution in [2.45, 2.75) is 38.5 Å². The van der Waals surface area contributed by atoms with Crippen LogP contribution in [0.4, 0.5) is 9.59 Å². The first-order chi connectivity index (χ1) is 18.4. The van der Waals surface area contributed by atoms with E-state index in [2.05, 4.69) is 0 Å². The molecule has 0 radical (unpaired) electrons. The number of ether oxygens (including phenoxy) is 3. The summed E-state index contributed by atoms with van der Waals surface area (Å²) in [5, 5.41) is 10.5. The SMILES string of the molecule is COc1ccc(-c2cc(=O)c3c(O)cc(OC(=O)N4CCCCC4)cc3o2)cc1OC(=O)N1CCCCC1. The van der Waals surface area contributed by atoms with Gasteiger partial charge in [-0.05, 0) is 56.7 Å². The molecular formula is C28H30N2O8. The van der Waals surface area contributed by atoms with E-state index in [1.807, 2.05) is 0 Å². The third kappa shape index (κ3) is 5.39. The quantitative estimate of drug-likeness (QED) is 0.500. The van der Waals surface area contributed by atoms with E-state index in [1.54, 1.807) is 28.0 Å². The number of aromatic hydroxyl groups is 1. The number of piperidine rings is 2. The van der Waals surface area contributed by atoms with E-state index in [4.69, 9.17) is 18.6 Å². The first-order valence-electron chi connectivity index (χ1n) is 12.9. The van der Waals surface area contributed by atoms with E-state index >= 15 is 0 Å². The van der Waals surface area contributed by atoms with Crippen molar-refractivity contribution in [2.24, 2.45) is 0 Å². The predicted octanol–water partition coefficient (Wildman–Crippen LogP) is 5.14. The van der Waals surface area contributed by atoms with Gasteiger partial charge in [-0.15, -0.1) is 0 Å². The van der Waals surface area contributed by atoms with Gasteiger partial charge in [0.15, 0.2) is 16.9 Å². The van der Waals surface area contributed by atoms with Crippen molar-refractivity contribution < 1.29 is 33.3 Å². The van der Waals surface area contributed by atoms with Crippen molar-refractivity contribution in [1.29, 1.82) is 0 Å². The highest BCUT2D eigenvalue weighted by atomic mass is 16.6. The molecule has 10 heteroatoms. The van der Waals surface area contributed by atoms with Crippen LogP contribution in [0.25, 0.3) is 22.3 Å². The van der Waals surface area contributed by atoms with Crippen LogP contribution in [-0.4, -0.2) is 60.4 Å². The Balaban J connectivity index is 1.45. The molecule has 200 valence electrons. The number of likely N-dealkylation sites (tertiary alicyclic amines) is 2. The van der Waals surface area contributed by atoms with Gasteiger partial charge in [-0.25, -0.2) is 9.59 Å².